The number of imidazole rings is 1. The number of hydrogen-bond donors (Lipinski definition) is 0. The van der Waals surface area contributed by atoms with E-state index in [-0.39, 0.29) is 6.04 Å². The minimum absolute atomic E-state index is 0.241. The Hall–Kier alpha value is -2.54. The average Bonchev–Trinajstić information content (AvgIpc) is 3.27. The highest BCUT2D eigenvalue weighted by Crippen LogP contribution is 2.25. The van der Waals surface area contributed by atoms with E-state index in [0.29, 0.717) is 0 Å². The van der Waals surface area contributed by atoms with Gasteiger partial charge in [-0.1, -0.05) is 0 Å². The van der Waals surface area contributed by atoms with Crippen molar-refractivity contribution in [3.63, 3.8) is 0 Å². The minimum atomic E-state index is 0.241. The Balaban J connectivity index is 1.67. The Morgan fingerprint density at radius 2 is 1.96 bits per heavy atom. The van der Waals surface area contributed by atoms with E-state index in [0.717, 1.165) is 34.7 Å². The lowest BCUT2D eigenvalue weighted by Gasteiger charge is -2.17. The Morgan fingerprint density at radius 3 is 2.75 bits per heavy atom. The van der Waals surface area contributed by atoms with Gasteiger partial charge in [0.1, 0.15) is 16.9 Å². The minimum Gasteiger partial charge on any atom is -0.326 e. The van der Waals surface area contributed by atoms with Crippen molar-refractivity contribution >= 4 is 22.8 Å². The smallest absolute Gasteiger partial charge is 0.140 e. The molecule has 0 aliphatic carbocycles. The lowest BCUT2D eigenvalue weighted by atomic mass is 10.1. The van der Waals surface area contributed by atoms with Crippen molar-refractivity contribution in [2.75, 3.05) is 0 Å². The van der Waals surface area contributed by atoms with Crippen LogP contribution < -0.4 is 0 Å². The maximum atomic E-state index is 4.56. The Bertz CT molecular complexity index is 996. The fourth-order valence-corrected chi connectivity index (χ4v) is 3.53. The molecule has 0 unspecified atom stereocenters. The first kappa shape index (κ1) is 15.0. The van der Waals surface area contributed by atoms with Crippen LogP contribution >= 0.6 is 11.7 Å². The lowest BCUT2D eigenvalue weighted by Crippen LogP contribution is -2.15. The van der Waals surface area contributed by atoms with Crippen molar-refractivity contribution in [3.05, 3.63) is 48.0 Å². The van der Waals surface area contributed by atoms with Crippen LogP contribution in [-0.4, -0.2) is 28.1 Å². The zero-order chi connectivity index (χ0) is 16.7. The van der Waals surface area contributed by atoms with Gasteiger partial charge in [0, 0.05) is 23.7 Å². The Kier molecular flexibility index (Phi) is 3.65. The summed E-state index contributed by atoms with van der Waals surface area (Å²) in [6.07, 6.45) is 3.87. The molecule has 3 heterocycles. The first-order valence-electron chi connectivity index (χ1n) is 7.88. The van der Waals surface area contributed by atoms with Crippen molar-refractivity contribution in [1.82, 2.24) is 28.1 Å². The fourth-order valence-electron chi connectivity index (χ4n) is 3.01. The van der Waals surface area contributed by atoms with Gasteiger partial charge < -0.3 is 4.57 Å². The van der Waals surface area contributed by atoms with E-state index < -0.39 is 0 Å². The molecule has 24 heavy (non-hydrogen) atoms. The molecule has 3 aromatic heterocycles. The van der Waals surface area contributed by atoms with Gasteiger partial charge in [-0.15, -0.1) is 0 Å². The third kappa shape index (κ3) is 2.60. The van der Waals surface area contributed by atoms with E-state index in [4.69, 9.17) is 0 Å². The van der Waals surface area contributed by atoms with Gasteiger partial charge in [0.25, 0.3) is 0 Å². The summed E-state index contributed by atoms with van der Waals surface area (Å²) in [5.41, 5.74) is 5.12. The van der Waals surface area contributed by atoms with Crippen LogP contribution in [-0.2, 0) is 6.54 Å². The largest absolute Gasteiger partial charge is 0.326 e. The Morgan fingerprint density at radius 1 is 1.12 bits per heavy atom. The van der Waals surface area contributed by atoms with E-state index in [2.05, 4.69) is 54.1 Å². The topological polar surface area (TPSA) is 61.4 Å². The summed E-state index contributed by atoms with van der Waals surface area (Å²) >= 11 is 1.24. The van der Waals surface area contributed by atoms with Gasteiger partial charge >= 0.3 is 0 Å². The van der Waals surface area contributed by atoms with Crippen LogP contribution in [0.1, 0.15) is 24.4 Å². The van der Waals surface area contributed by atoms with Gasteiger partial charge in [0.15, 0.2) is 0 Å². The van der Waals surface area contributed by atoms with E-state index in [1.807, 2.05) is 31.5 Å². The van der Waals surface area contributed by atoms with Crippen molar-refractivity contribution < 1.29 is 0 Å². The van der Waals surface area contributed by atoms with Crippen LogP contribution in [0.5, 0.6) is 0 Å². The monoisotopic (exact) mass is 338 g/mol. The molecule has 1 atom stereocenters. The van der Waals surface area contributed by atoms with Gasteiger partial charge in [0.2, 0.25) is 0 Å². The molecule has 0 N–H and O–H groups in total. The highest BCUT2D eigenvalue weighted by molar-refractivity contribution is 7.00. The Labute approximate surface area is 144 Å². The number of benzene rings is 1. The molecule has 1 aromatic carbocycles. The molecule has 122 valence electrons. The first-order valence-corrected chi connectivity index (χ1v) is 8.61. The van der Waals surface area contributed by atoms with Crippen LogP contribution in [0.15, 0.2) is 36.7 Å². The molecule has 0 fully saturated rings. The molecule has 0 spiro atoms. The summed E-state index contributed by atoms with van der Waals surface area (Å²) in [5.74, 6) is 0.943. The van der Waals surface area contributed by atoms with Crippen LogP contribution in [0.2, 0.25) is 0 Å². The fraction of sp³-hybridized carbons (Fsp3) is 0.294. The molecule has 0 saturated carbocycles. The van der Waals surface area contributed by atoms with E-state index in [1.54, 1.807) is 0 Å². The third-order valence-corrected chi connectivity index (χ3v) is 4.75. The van der Waals surface area contributed by atoms with Crippen molar-refractivity contribution in [1.29, 1.82) is 0 Å². The normalized spacial score (nSPS) is 12.8. The molecule has 0 saturated heterocycles. The van der Waals surface area contributed by atoms with Gasteiger partial charge in [-0.05, 0) is 45.0 Å². The third-order valence-electron chi connectivity index (χ3n) is 4.20. The maximum absolute atomic E-state index is 4.56. The zero-order valence-electron chi connectivity index (χ0n) is 13.8. The van der Waals surface area contributed by atoms with Crippen LogP contribution in [0.3, 0.4) is 0 Å². The van der Waals surface area contributed by atoms with Crippen LogP contribution in [0.4, 0.5) is 0 Å². The summed E-state index contributed by atoms with van der Waals surface area (Å²) in [5, 5.41) is 4.56. The first-order chi connectivity index (χ1) is 11.6. The van der Waals surface area contributed by atoms with Gasteiger partial charge in [-0.25, -0.2) is 4.98 Å². The van der Waals surface area contributed by atoms with Crippen LogP contribution in [0, 0.1) is 13.8 Å². The molecule has 7 heteroatoms. The number of nitrogens with zero attached hydrogens (tertiary/aromatic N) is 6. The highest BCUT2D eigenvalue weighted by Gasteiger charge is 2.14. The molecule has 6 nitrogen and oxygen atoms in total. The number of fused-ring (bicyclic) bond motifs is 1. The van der Waals surface area contributed by atoms with Gasteiger partial charge in [-0.3, -0.25) is 4.68 Å². The molecule has 0 bridgehead atoms. The van der Waals surface area contributed by atoms with E-state index in [1.165, 1.54) is 17.4 Å². The summed E-state index contributed by atoms with van der Waals surface area (Å²) in [7, 11) is 0. The second kappa shape index (κ2) is 5.83. The SMILES string of the molecule is Cc1cc(C)n(C[C@H](C)n2ccnc2-c2ccc3nsnc3c2)n1. The molecule has 0 radical (unpaired) electrons. The second-order valence-electron chi connectivity index (χ2n) is 6.08. The second-order valence-corrected chi connectivity index (χ2v) is 6.61. The maximum Gasteiger partial charge on any atom is 0.140 e. The average molecular weight is 338 g/mol. The molecule has 0 amide bonds. The lowest BCUT2D eigenvalue weighted by molar-refractivity contribution is 0.433. The molecule has 0 aliphatic heterocycles. The number of aromatic nitrogens is 6. The van der Waals surface area contributed by atoms with Crippen LogP contribution in [0.25, 0.3) is 22.4 Å². The van der Waals surface area contributed by atoms with Gasteiger partial charge in [-0.2, -0.15) is 13.8 Å². The zero-order valence-corrected chi connectivity index (χ0v) is 14.7. The van der Waals surface area contributed by atoms with E-state index >= 15 is 0 Å². The van der Waals surface area contributed by atoms with Crippen molar-refractivity contribution in [3.8, 4) is 11.4 Å². The summed E-state index contributed by atoms with van der Waals surface area (Å²) in [6.45, 7) is 7.10. The number of rotatable bonds is 4. The quantitative estimate of drug-likeness (QED) is 0.570. The predicted octanol–water partition coefficient (Wildman–Crippen LogP) is 3.63. The van der Waals surface area contributed by atoms with Gasteiger partial charge in [0.05, 0.1) is 30.0 Å². The summed E-state index contributed by atoms with van der Waals surface area (Å²) < 4.78 is 12.8. The summed E-state index contributed by atoms with van der Waals surface area (Å²) in [4.78, 5) is 4.56. The molecular weight excluding hydrogens is 320 g/mol. The molecule has 4 aromatic rings. The molecule has 0 aliphatic rings. The van der Waals surface area contributed by atoms with Crippen molar-refractivity contribution in [2.24, 2.45) is 0 Å². The van der Waals surface area contributed by atoms with Crippen molar-refractivity contribution in [2.45, 2.75) is 33.4 Å². The molecule has 4 rings (SSSR count). The predicted molar refractivity (Wildman–Crippen MR) is 95.0 cm³/mol. The molecular formula is C17H18N6S. The standard InChI is InChI=1S/C17H18N6S/c1-11-8-12(2)23(19-11)10-13(3)22-7-6-18-17(22)14-4-5-15-16(9-14)21-24-20-15/h4-9,13H,10H2,1-3H3/t13-/m0/s1. The number of aryl methyl sites for hydroxylation is 2. The highest BCUT2D eigenvalue weighted by atomic mass is 32.1. The summed E-state index contributed by atoms with van der Waals surface area (Å²) in [6, 6.07) is 8.44. The number of hydrogen-bond acceptors (Lipinski definition) is 5. The van der Waals surface area contributed by atoms with E-state index in [9.17, 15) is 0 Å².